The first-order valence-corrected chi connectivity index (χ1v) is 10.4. The molecule has 1 amide bonds. The Hall–Kier alpha value is -2.07. The number of amides is 1. The average molecular weight is 426 g/mol. The number of carbonyl (C=O) groups excluding carboxylic acids is 1. The minimum Gasteiger partial charge on any atom is -0.433 e. The number of halogens is 2. The van der Waals surface area contributed by atoms with Gasteiger partial charge in [-0.05, 0) is 30.5 Å². The Morgan fingerprint density at radius 2 is 2.00 bits per heavy atom. The highest BCUT2D eigenvalue weighted by atomic mass is 32.1. The third-order valence-electron chi connectivity index (χ3n) is 4.73. The first kappa shape index (κ1) is 21.6. The number of para-hydroxylation sites is 2. The van der Waals surface area contributed by atoms with E-state index in [0.717, 1.165) is 13.1 Å². The third kappa shape index (κ3) is 6.20. The molecule has 1 aliphatic heterocycles. The molecular formula is C20H25F2N3O3S. The van der Waals surface area contributed by atoms with E-state index in [0.29, 0.717) is 19.8 Å². The second-order valence-corrected chi connectivity index (χ2v) is 7.65. The van der Waals surface area contributed by atoms with Gasteiger partial charge in [-0.3, -0.25) is 9.69 Å². The lowest BCUT2D eigenvalue weighted by atomic mass is 10.1. The summed E-state index contributed by atoms with van der Waals surface area (Å²) in [5, 5.41) is 7.98. The zero-order valence-corrected chi connectivity index (χ0v) is 17.0. The minimum absolute atomic E-state index is 0.0622. The molecular weight excluding hydrogens is 400 g/mol. The molecule has 0 saturated carbocycles. The molecule has 158 valence electrons. The molecule has 29 heavy (non-hydrogen) atoms. The third-order valence-corrected chi connectivity index (χ3v) is 5.70. The highest BCUT2D eigenvalue weighted by Gasteiger charge is 2.25. The Balaban J connectivity index is 1.60. The van der Waals surface area contributed by atoms with Gasteiger partial charge < -0.3 is 20.1 Å². The summed E-state index contributed by atoms with van der Waals surface area (Å²) in [5.74, 6) is -0.380. The van der Waals surface area contributed by atoms with E-state index < -0.39 is 12.7 Å². The van der Waals surface area contributed by atoms with Crippen LogP contribution < -0.4 is 15.4 Å². The molecule has 0 aliphatic carbocycles. The minimum atomic E-state index is -2.95. The molecule has 2 N–H and O–H groups in total. The lowest BCUT2D eigenvalue weighted by molar-refractivity contribution is -0.118. The van der Waals surface area contributed by atoms with Crippen LogP contribution in [0.15, 0.2) is 41.8 Å². The monoisotopic (exact) mass is 425 g/mol. The number of rotatable bonds is 9. The van der Waals surface area contributed by atoms with Gasteiger partial charge >= 0.3 is 6.61 Å². The van der Waals surface area contributed by atoms with E-state index in [-0.39, 0.29) is 23.4 Å². The van der Waals surface area contributed by atoms with Crippen molar-refractivity contribution in [2.75, 3.05) is 38.2 Å². The number of anilines is 1. The molecule has 1 aliphatic rings. The molecule has 0 bridgehead atoms. The molecule has 3 rings (SSSR count). The molecule has 0 radical (unpaired) electrons. The summed E-state index contributed by atoms with van der Waals surface area (Å²) >= 11 is 1.68. The Labute approximate surface area is 172 Å². The SMILES string of the molecule is CC(NCC(c1cccs1)N1CCOCC1)C(=O)Nc1ccccc1OC(F)F. The maximum absolute atomic E-state index is 12.6. The Morgan fingerprint density at radius 3 is 2.69 bits per heavy atom. The van der Waals surface area contributed by atoms with E-state index in [1.165, 1.54) is 17.0 Å². The number of thiophene rings is 1. The number of morpholine rings is 1. The Kier molecular flexibility index (Phi) is 7.93. The van der Waals surface area contributed by atoms with Crippen molar-refractivity contribution in [1.29, 1.82) is 0 Å². The van der Waals surface area contributed by atoms with Crippen LogP contribution in [0.3, 0.4) is 0 Å². The van der Waals surface area contributed by atoms with Crippen molar-refractivity contribution in [3.63, 3.8) is 0 Å². The number of alkyl halides is 2. The van der Waals surface area contributed by atoms with Crippen molar-refractivity contribution in [1.82, 2.24) is 10.2 Å². The van der Waals surface area contributed by atoms with Gasteiger partial charge in [-0.25, -0.2) is 0 Å². The van der Waals surface area contributed by atoms with E-state index in [1.807, 2.05) is 11.4 Å². The summed E-state index contributed by atoms with van der Waals surface area (Å²) in [6, 6.07) is 9.89. The van der Waals surface area contributed by atoms with Crippen LogP contribution in [0.4, 0.5) is 14.5 Å². The Morgan fingerprint density at radius 1 is 1.24 bits per heavy atom. The molecule has 2 aromatic rings. The van der Waals surface area contributed by atoms with Crippen LogP contribution in [0.2, 0.25) is 0 Å². The second-order valence-electron chi connectivity index (χ2n) is 6.67. The van der Waals surface area contributed by atoms with Crippen LogP contribution in [0.25, 0.3) is 0 Å². The van der Waals surface area contributed by atoms with Crippen LogP contribution >= 0.6 is 11.3 Å². The lowest BCUT2D eigenvalue weighted by Crippen LogP contribution is -2.46. The predicted molar refractivity (Wildman–Crippen MR) is 109 cm³/mol. The van der Waals surface area contributed by atoms with Crippen LogP contribution in [0, 0.1) is 0 Å². The fraction of sp³-hybridized carbons (Fsp3) is 0.450. The normalized spacial score (nSPS) is 17.1. The van der Waals surface area contributed by atoms with Gasteiger partial charge in [-0.2, -0.15) is 8.78 Å². The van der Waals surface area contributed by atoms with Gasteiger partial charge in [-0.15, -0.1) is 11.3 Å². The van der Waals surface area contributed by atoms with E-state index in [2.05, 4.69) is 26.3 Å². The van der Waals surface area contributed by atoms with Crippen LogP contribution in [-0.4, -0.2) is 56.3 Å². The first-order valence-electron chi connectivity index (χ1n) is 9.48. The highest BCUT2D eigenvalue weighted by Crippen LogP contribution is 2.27. The summed E-state index contributed by atoms with van der Waals surface area (Å²) in [7, 11) is 0. The molecule has 0 spiro atoms. The predicted octanol–water partition coefficient (Wildman–Crippen LogP) is 3.34. The molecule has 1 aromatic carbocycles. The number of hydrogen-bond acceptors (Lipinski definition) is 6. The number of nitrogens with one attached hydrogen (secondary N) is 2. The van der Waals surface area contributed by atoms with Crippen molar-refractivity contribution in [2.45, 2.75) is 25.6 Å². The smallest absolute Gasteiger partial charge is 0.387 e. The zero-order valence-electron chi connectivity index (χ0n) is 16.1. The largest absolute Gasteiger partial charge is 0.433 e. The van der Waals surface area contributed by atoms with Crippen LogP contribution in [-0.2, 0) is 9.53 Å². The van der Waals surface area contributed by atoms with Crippen molar-refractivity contribution < 1.29 is 23.0 Å². The van der Waals surface area contributed by atoms with Crippen molar-refractivity contribution in [2.24, 2.45) is 0 Å². The van der Waals surface area contributed by atoms with Gasteiger partial charge in [0.25, 0.3) is 0 Å². The zero-order chi connectivity index (χ0) is 20.6. The fourth-order valence-electron chi connectivity index (χ4n) is 3.17. The van der Waals surface area contributed by atoms with Gasteiger partial charge in [0.05, 0.1) is 31.0 Å². The maximum atomic E-state index is 12.6. The number of ether oxygens (including phenoxy) is 2. The van der Waals surface area contributed by atoms with Gasteiger partial charge in [0, 0.05) is 24.5 Å². The van der Waals surface area contributed by atoms with E-state index in [4.69, 9.17) is 4.74 Å². The highest BCUT2D eigenvalue weighted by molar-refractivity contribution is 7.10. The van der Waals surface area contributed by atoms with Crippen LogP contribution in [0.5, 0.6) is 5.75 Å². The van der Waals surface area contributed by atoms with Gasteiger partial charge in [-0.1, -0.05) is 18.2 Å². The van der Waals surface area contributed by atoms with E-state index in [1.54, 1.807) is 30.4 Å². The molecule has 1 fully saturated rings. The standard InChI is InChI=1S/C20H25F2N3O3S/c1-14(19(26)24-15-5-2-3-6-17(15)28-20(21)22)23-13-16(18-7-4-12-29-18)25-8-10-27-11-9-25/h2-7,12,14,16,20,23H,8-11,13H2,1H3,(H,24,26). The topological polar surface area (TPSA) is 62.8 Å². The first-order chi connectivity index (χ1) is 14.0. The second kappa shape index (κ2) is 10.6. The molecule has 2 atom stereocenters. The Bertz CT molecular complexity index is 770. The van der Waals surface area contributed by atoms with E-state index >= 15 is 0 Å². The number of benzene rings is 1. The van der Waals surface area contributed by atoms with Crippen LogP contribution in [0.1, 0.15) is 17.8 Å². The maximum Gasteiger partial charge on any atom is 0.387 e. The molecule has 6 nitrogen and oxygen atoms in total. The van der Waals surface area contributed by atoms with Crippen molar-refractivity contribution in [3.05, 3.63) is 46.7 Å². The van der Waals surface area contributed by atoms with Gasteiger partial charge in [0.2, 0.25) is 5.91 Å². The number of nitrogens with zero attached hydrogens (tertiary/aromatic N) is 1. The number of hydrogen-bond donors (Lipinski definition) is 2. The molecule has 1 aromatic heterocycles. The summed E-state index contributed by atoms with van der Waals surface area (Å²) in [6.07, 6.45) is 0. The average Bonchev–Trinajstić information content (AvgIpc) is 3.24. The van der Waals surface area contributed by atoms with Gasteiger partial charge in [0.15, 0.2) is 0 Å². The van der Waals surface area contributed by atoms with E-state index in [9.17, 15) is 13.6 Å². The van der Waals surface area contributed by atoms with Crippen molar-refractivity contribution >= 4 is 22.9 Å². The van der Waals surface area contributed by atoms with Crippen molar-refractivity contribution in [3.8, 4) is 5.75 Å². The molecule has 9 heteroatoms. The molecule has 2 unspecified atom stereocenters. The quantitative estimate of drug-likeness (QED) is 0.645. The summed E-state index contributed by atoms with van der Waals surface area (Å²) in [5.41, 5.74) is 0.217. The number of carbonyl (C=O) groups is 1. The summed E-state index contributed by atoms with van der Waals surface area (Å²) in [6.45, 7) is 2.44. The summed E-state index contributed by atoms with van der Waals surface area (Å²) in [4.78, 5) is 16.1. The lowest BCUT2D eigenvalue weighted by Gasteiger charge is -2.34. The molecule has 1 saturated heterocycles. The summed E-state index contributed by atoms with van der Waals surface area (Å²) < 4.78 is 35.0. The molecule has 2 heterocycles. The van der Waals surface area contributed by atoms with Gasteiger partial charge in [0.1, 0.15) is 5.75 Å². The fourth-order valence-corrected chi connectivity index (χ4v) is 4.03.